The van der Waals surface area contributed by atoms with Crippen LogP contribution in [0, 0.1) is 10.1 Å². The first-order valence-corrected chi connectivity index (χ1v) is 7.96. The van der Waals surface area contributed by atoms with Gasteiger partial charge in [0.25, 0.3) is 5.69 Å². The largest absolute Gasteiger partial charge is 0.388 e. The highest BCUT2D eigenvalue weighted by Crippen LogP contribution is 2.26. The molecule has 0 spiro atoms. The average molecular weight is 321 g/mol. The van der Waals surface area contributed by atoms with Crippen molar-refractivity contribution in [3.63, 3.8) is 0 Å². The Morgan fingerprint density at radius 2 is 1.91 bits per heavy atom. The number of hydrogen-bond acceptors (Lipinski definition) is 4. The Kier molecular flexibility index (Phi) is 5.92. The van der Waals surface area contributed by atoms with Gasteiger partial charge in [0.1, 0.15) is 0 Å². The fraction of sp³-hybridized carbons (Fsp3) is 0.562. The first kappa shape index (κ1) is 17.2. The fourth-order valence-corrected chi connectivity index (χ4v) is 2.83. The average Bonchev–Trinajstić information content (AvgIpc) is 2.76. The van der Waals surface area contributed by atoms with Gasteiger partial charge in [-0.15, -0.1) is 0 Å². The number of rotatable bonds is 5. The number of hydrogen-bond donors (Lipinski definition) is 3. The minimum Gasteiger partial charge on any atom is -0.388 e. The number of non-ortho nitro benzene ring substituents is 1. The van der Waals surface area contributed by atoms with E-state index in [2.05, 4.69) is 10.6 Å². The van der Waals surface area contributed by atoms with Gasteiger partial charge in [-0.25, -0.2) is 4.79 Å². The number of nitrogens with one attached hydrogen (secondary N) is 2. The van der Waals surface area contributed by atoms with Gasteiger partial charge in [0, 0.05) is 25.2 Å². The van der Waals surface area contributed by atoms with Crippen LogP contribution in [-0.4, -0.2) is 28.2 Å². The van der Waals surface area contributed by atoms with Crippen LogP contribution >= 0.6 is 0 Å². The first-order valence-electron chi connectivity index (χ1n) is 7.96. The van der Waals surface area contributed by atoms with Crippen molar-refractivity contribution in [1.82, 2.24) is 10.6 Å². The van der Waals surface area contributed by atoms with E-state index in [1.807, 2.05) is 0 Å². The molecule has 7 nitrogen and oxygen atoms in total. The number of benzene rings is 1. The molecule has 0 aliphatic heterocycles. The highest BCUT2D eigenvalue weighted by molar-refractivity contribution is 5.73. The van der Waals surface area contributed by atoms with Gasteiger partial charge >= 0.3 is 6.03 Å². The lowest BCUT2D eigenvalue weighted by Crippen LogP contribution is -2.46. The third-order valence-corrected chi connectivity index (χ3v) is 4.19. The Morgan fingerprint density at radius 1 is 1.22 bits per heavy atom. The number of aliphatic hydroxyl groups is 1. The lowest BCUT2D eigenvalue weighted by atomic mass is 9.95. The van der Waals surface area contributed by atoms with Crippen molar-refractivity contribution >= 4 is 11.7 Å². The molecule has 0 unspecified atom stereocenters. The fourth-order valence-electron chi connectivity index (χ4n) is 2.83. The molecule has 7 heteroatoms. The van der Waals surface area contributed by atoms with Crippen molar-refractivity contribution in [2.24, 2.45) is 0 Å². The summed E-state index contributed by atoms with van der Waals surface area (Å²) in [6.07, 6.45) is 5.62. The van der Waals surface area contributed by atoms with Crippen LogP contribution in [0.1, 0.15) is 44.1 Å². The molecule has 1 aromatic carbocycles. The van der Waals surface area contributed by atoms with Crippen LogP contribution in [0.5, 0.6) is 0 Å². The van der Waals surface area contributed by atoms with E-state index in [0.717, 1.165) is 25.7 Å². The summed E-state index contributed by atoms with van der Waals surface area (Å²) in [4.78, 5) is 22.1. The van der Waals surface area contributed by atoms with E-state index < -0.39 is 10.5 Å². The monoisotopic (exact) mass is 321 g/mol. The van der Waals surface area contributed by atoms with Gasteiger partial charge in [0.2, 0.25) is 0 Å². The second-order valence-corrected chi connectivity index (χ2v) is 6.10. The highest BCUT2D eigenvalue weighted by Gasteiger charge is 2.28. The molecule has 2 amide bonds. The Bertz CT molecular complexity index is 554. The van der Waals surface area contributed by atoms with Gasteiger partial charge in [-0.05, 0) is 18.4 Å². The van der Waals surface area contributed by atoms with E-state index in [1.54, 1.807) is 12.1 Å². The van der Waals surface area contributed by atoms with Crippen molar-refractivity contribution in [3.05, 3.63) is 39.9 Å². The molecule has 1 aliphatic carbocycles. The maximum atomic E-state index is 11.8. The minimum atomic E-state index is -0.820. The summed E-state index contributed by atoms with van der Waals surface area (Å²) >= 11 is 0. The van der Waals surface area contributed by atoms with Crippen molar-refractivity contribution in [2.45, 2.75) is 50.7 Å². The van der Waals surface area contributed by atoms with E-state index in [0.29, 0.717) is 18.4 Å². The smallest absolute Gasteiger partial charge is 0.315 e. The molecule has 126 valence electrons. The predicted octanol–water partition coefficient (Wildman–Crippen LogP) is 2.48. The first-order chi connectivity index (χ1) is 11.0. The zero-order valence-corrected chi connectivity index (χ0v) is 13.1. The molecular weight excluding hydrogens is 298 g/mol. The van der Waals surface area contributed by atoms with Crippen LogP contribution in [-0.2, 0) is 6.54 Å². The lowest BCUT2D eigenvalue weighted by molar-refractivity contribution is -0.384. The molecular formula is C16H23N3O4. The van der Waals surface area contributed by atoms with Gasteiger partial charge in [-0.1, -0.05) is 37.8 Å². The molecule has 0 bridgehead atoms. The molecule has 1 saturated carbocycles. The number of nitro groups is 1. The SMILES string of the molecule is O=C(NCc1cccc([N+](=O)[O-])c1)NCC1(O)CCCCCC1. The van der Waals surface area contributed by atoms with Gasteiger partial charge in [0.15, 0.2) is 0 Å². The standard InChI is InChI=1S/C16H23N3O4/c20-15(18-12-16(21)8-3-1-2-4-9-16)17-11-13-6-5-7-14(10-13)19(22)23/h5-7,10,21H,1-4,8-9,11-12H2,(H2,17,18,20). The van der Waals surface area contributed by atoms with Crippen LogP contribution in [0.25, 0.3) is 0 Å². The van der Waals surface area contributed by atoms with Crippen molar-refractivity contribution in [1.29, 1.82) is 0 Å². The number of nitrogens with zero attached hydrogens (tertiary/aromatic N) is 1. The zero-order valence-electron chi connectivity index (χ0n) is 13.1. The van der Waals surface area contributed by atoms with Gasteiger partial charge in [-0.3, -0.25) is 10.1 Å². The molecule has 23 heavy (non-hydrogen) atoms. The van der Waals surface area contributed by atoms with E-state index >= 15 is 0 Å². The van der Waals surface area contributed by atoms with Crippen LogP contribution < -0.4 is 10.6 Å². The number of carbonyl (C=O) groups is 1. The summed E-state index contributed by atoms with van der Waals surface area (Å²) in [5, 5.41) is 26.5. The molecule has 1 fully saturated rings. The normalized spacial score (nSPS) is 17.1. The Hall–Kier alpha value is -2.15. The molecule has 0 saturated heterocycles. The summed E-state index contributed by atoms with van der Waals surface area (Å²) in [7, 11) is 0. The van der Waals surface area contributed by atoms with Gasteiger partial charge in [0.05, 0.1) is 10.5 Å². The highest BCUT2D eigenvalue weighted by atomic mass is 16.6. The van der Waals surface area contributed by atoms with Gasteiger partial charge in [-0.2, -0.15) is 0 Å². The molecule has 0 radical (unpaired) electrons. The van der Waals surface area contributed by atoms with Crippen LogP contribution in [0.3, 0.4) is 0 Å². The van der Waals surface area contributed by atoms with E-state index in [9.17, 15) is 20.0 Å². The summed E-state index contributed by atoms with van der Waals surface area (Å²) in [5.74, 6) is 0. The maximum absolute atomic E-state index is 11.8. The summed E-state index contributed by atoms with van der Waals surface area (Å²) in [6.45, 7) is 0.430. The molecule has 0 atom stereocenters. The lowest BCUT2D eigenvalue weighted by Gasteiger charge is -2.26. The van der Waals surface area contributed by atoms with Crippen LogP contribution in [0.15, 0.2) is 24.3 Å². The molecule has 1 aromatic rings. The summed E-state index contributed by atoms with van der Waals surface area (Å²) in [6, 6.07) is 5.76. The van der Waals surface area contributed by atoms with Crippen LogP contribution in [0.2, 0.25) is 0 Å². The van der Waals surface area contributed by atoms with E-state index in [1.165, 1.54) is 12.1 Å². The van der Waals surface area contributed by atoms with Crippen molar-refractivity contribution < 1.29 is 14.8 Å². The summed E-state index contributed by atoms with van der Waals surface area (Å²) < 4.78 is 0. The molecule has 3 N–H and O–H groups in total. The minimum absolute atomic E-state index is 0.00234. The van der Waals surface area contributed by atoms with Crippen molar-refractivity contribution in [3.8, 4) is 0 Å². The van der Waals surface area contributed by atoms with Gasteiger partial charge < -0.3 is 15.7 Å². The quantitative estimate of drug-likeness (QED) is 0.440. The number of nitro benzene ring substituents is 1. The Labute approximate surface area is 135 Å². The van der Waals surface area contributed by atoms with E-state index in [-0.39, 0.29) is 24.8 Å². The Balaban J connectivity index is 1.78. The Morgan fingerprint density at radius 3 is 2.57 bits per heavy atom. The number of urea groups is 1. The van der Waals surface area contributed by atoms with Crippen molar-refractivity contribution in [2.75, 3.05) is 6.54 Å². The van der Waals surface area contributed by atoms with Crippen LogP contribution in [0.4, 0.5) is 10.5 Å². The number of carbonyl (C=O) groups excluding carboxylic acids is 1. The second-order valence-electron chi connectivity index (χ2n) is 6.10. The third kappa shape index (κ3) is 5.52. The zero-order chi connectivity index (χ0) is 16.7. The maximum Gasteiger partial charge on any atom is 0.315 e. The summed E-state index contributed by atoms with van der Waals surface area (Å²) in [5.41, 5.74) is -0.167. The molecule has 1 aliphatic rings. The predicted molar refractivity (Wildman–Crippen MR) is 86.0 cm³/mol. The third-order valence-electron chi connectivity index (χ3n) is 4.19. The molecule has 0 heterocycles. The van der Waals surface area contributed by atoms with E-state index in [4.69, 9.17) is 0 Å². The topological polar surface area (TPSA) is 104 Å². The molecule has 2 rings (SSSR count). The molecule has 0 aromatic heterocycles. The number of amides is 2. The second kappa shape index (κ2) is 7.92.